The SMILES string of the molecule is CC(C)c1ccccc1NC(=O)CCNc1ccccc1Br. The normalized spacial score (nSPS) is 10.5. The van der Waals surface area contributed by atoms with Crippen LogP contribution in [-0.4, -0.2) is 12.5 Å². The van der Waals surface area contributed by atoms with Crippen molar-refractivity contribution in [2.45, 2.75) is 26.2 Å². The van der Waals surface area contributed by atoms with E-state index < -0.39 is 0 Å². The lowest BCUT2D eigenvalue weighted by molar-refractivity contribution is -0.115. The molecule has 0 aromatic heterocycles. The Morgan fingerprint density at radius 1 is 1.05 bits per heavy atom. The van der Waals surface area contributed by atoms with Crippen molar-refractivity contribution in [3.63, 3.8) is 0 Å². The van der Waals surface area contributed by atoms with Crippen LogP contribution >= 0.6 is 15.9 Å². The maximum absolute atomic E-state index is 12.1. The summed E-state index contributed by atoms with van der Waals surface area (Å²) in [4.78, 5) is 12.1. The van der Waals surface area contributed by atoms with Crippen LogP contribution in [0.15, 0.2) is 53.0 Å². The van der Waals surface area contributed by atoms with Crippen LogP contribution in [0.2, 0.25) is 0 Å². The summed E-state index contributed by atoms with van der Waals surface area (Å²) < 4.78 is 1.00. The van der Waals surface area contributed by atoms with Gasteiger partial charge < -0.3 is 10.6 Å². The van der Waals surface area contributed by atoms with Crippen molar-refractivity contribution in [1.82, 2.24) is 0 Å². The van der Waals surface area contributed by atoms with E-state index in [-0.39, 0.29) is 5.91 Å². The van der Waals surface area contributed by atoms with Crippen molar-refractivity contribution in [1.29, 1.82) is 0 Å². The Morgan fingerprint density at radius 3 is 2.36 bits per heavy atom. The maximum atomic E-state index is 12.1. The molecule has 0 aliphatic heterocycles. The molecule has 0 unspecified atom stereocenters. The van der Waals surface area contributed by atoms with Crippen molar-refractivity contribution in [3.05, 3.63) is 58.6 Å². The van der Waals surface area contributed by atoms with Gasteiger partial charge in [0.1, 0.15) is 0 Å². The third-order valence-electron chi connectivity index (χ3n) is 3.40. The Balaban J connectivity index is 1.88. The molecule has 1 amide bonds. The first kappa shape index (κ1) is 16.6. The molecule has 2 N–H and O–H groups in total. The van der Waals surface area contributed by atoms with Gasteiger partial charge in [0.2, 0.25) is 5.91 Å². The Hall–Kier alpha value is -1.81. The number of carbonyl (C=O) groups is 1. The van der Waals surface area contributed by atoms with E-state index >= 15 is 0 Å². The predicted octanol–water partition coefficient (Wildman–Crippen LogP) is 5.01. The molecule has 0 spiro atoms. The lowest BCUT2D eigenvalue weighted by atomic mass is 10.0. The number of para-hydroxylation sites is 2. The first-order valence-corrected chi connectivity index (χ1v) is 8.24. The average molecular weight is 361 g/mol. The van der Waals surface area contributed by atoms with Gasteiger partial charge in [0.25, 0.3) is 0 Å². The molecular weight excluding hydrogens is 340 g/mol. The van der Waals surface area contributed by atoms with Crippen molar-refractivity contribution in [2.24, 2.45) is 0 Å². The Bertz CT molecular complexity index is 640. The van der Waals surface area contributed by atoms with Crippen molar-refractivity contribution in [2.75, 3.05) is 17.2 Å². The zero-order valence-corrected chi connectivity index (χ0v) is 14.5. The molecule has 0 radical (unpaired) electrons. The fourth-order valence-corrected chi connectivity index (χ4v) is 2.67. The molecule has 2 aromatic rings. The van der Waals surface area contributed by atoms with Gasteiger partial charge in [-0.1, -0.05) is 44.2 Å². The Kier molecular flexibility index (Phi) is 6.01. The highest BCUT2D eigenvalue weighted by Crippen LogP contribution is 2.24. The minimum atomic E-state index is 0.0210. The van der Waals surface area contributed by atoms with E-state index in [0.29, 0.717) is 18.9 Å². The molecule has 0 saturated carbocycles. The number of hydrogen-bond acceptors (Lipinski definition) is 2. The van der Waals surface area contributed by atoms with Crippen LogP contribution in [0.1, 0.15) is 31.7 Å². The molecule has 0 saturated heterocycles. The van der Waals surface area contributed by atoms with Gasteiger partial charge in [-0.3, -0.25) is 4.79 Å². The van der Waals surface area contributed by atoms with Gasteiger partial charge in [-0.15, -0.1) is 0 Å². The summed E-state index contributed by atoms with van der Waals surface area (Å²) >= 11 is 3.48. The fraction of sp³-hybridized carbons (Fsp3) is 0.278. The fourth-order valence-electron chi connectivity index (χ4n) is 2.24. The molecule has 0 heterocycles. The molecule has 4 heteroatoms. The second-order valence-corrected chi connectivity index (χ2v) is 6.30. The first-order valence-electron chi connectivity index (χ1n) is 7.45. The molecule has 0 fully saturated rings. The second-order valence-electron chi connectivity index (χ2n) is 5.45. The van der Waals surface area contributed by atoms with Crippen molar-refractivity contribution >= 4 is 33.2 Å². The zero-order chi connectivity index (χ0) is 15.9. The minimum Gasteiger partial charge on any atom is -0.384 e. The number of hydrogen-bond donors (Lipinski definition) is 2. The maximum Gasteiger partial charge on any atom is 0.226 e. The van der Waals surface area contributed by atoms with Crippen LogP contribution in [0.3, 0.4) is 0 Å². The summed E-state index contributed by atoms with van der Waals surface area (Å²) in [5, 5.41) is 6.26. The minimum absolute atomic E-state index is 0.0210. The summed E-state index contributed by atoms with van der Waals surface area (Å²) in [6.45, 7) is 4.84. The van der Waals surface area contributed by atoms with E-state index in [9.17, 15) is 4.79 Å². The Labute approximate surface area is 140 Å². The molecule has 0 aliphatic rings. The molecule has 22 heavy (non-hydrogen) atoms. The van der Waals surface area contributed by atoms with Crippen molar-refractivity contribution in [3.8, 4) is 0 Å². The third kappa shape index (κ3) is 4.60. The second kappa shape index (κ2) is 7.99. The van der Waals surface area contributed by atoms with Crippen LogP contribution in [0.4, 0.5) is 11.4 Å². The molecule has 0 atom stereocenters. The molecular formula is C18H21BrN2O. The molecule has 116 valence electrons. The lowest BCUT2D eigenvalue weighted by Crippen LogP contribution is -2.17. The number of amides is 1. The van der Waals surface area contributed by atoms with Crippen LogP contribution < -0.4 is 10.6 Å². The van der Waals surface area contributed by atoms with E-state index in [1.54, 1.807) is 0 Å². The number of benzene rings is 2. The van der Waals surface area contributed by atoms with E-state index in [0.717, 1.165) is 21.4 Å². The van der Waals surface area contributed by atoms with Gasteiger partial charge >= 0.3 is 0 Å². The smallest absolute Gasteiger partial charge is 0.226 e. The number of carbonyl (C=O) groups excluding carboxylic acids is 1. The van der Waals surface area contributed by atoms with E-state index in [2.05, 4.69) is 46.5 Å². The average Bonchev–Trinajstić information content (AvgIpc) is 2.49. The summed E-state index contributed by atoms with van der Waals surface area (Å²) in [6, 6.07) is 15.8. The van der Waals surface area contributed by atoms with E-state index in [1.165, 1.54) is 0 Å². The highest BCUT2D eigenvalue weighted by atomic mass is 79.9. The summed E-state index contributed by atoms with van der Waals surface area (Å²) in [5.74, 6) is 0.405. The number of nitrogens with one attached hydrogen (secondary N) is 2. The van der Waals surface area contributed by atoms with Gasteiger partial charge in [0.15, 0.2) is 0 Å². The summed E-state index contributed by atoms with van der Waals surface area (Å²) in [5.41, 5.74) is 3.07. The largest absolute Gasteiger partial charge is 0.384 e. The van der Waals surface area contributed by atoms with Gasteiger partial charge in [0, 0.05) is 28.8 Å². The van der Waals surface area contributed by atoms with Gasteiger partial charge in [0.05, 0.1) is 0 Å². The lowest BCUT2D eigenvalue weighted by Gasteiger charge is -2.14. The standard InChI is InChI=1S/C18H21BrN2O/c1-13(2)14-7-3-5-9-16(14)21-18(22)11-12-20-17-10-6-4-8-15(17)19/h3-10,13,20H,11-12H2,1-2H3,(H,21,22). The molecule has 3 nitrogen and oxygen atoms in total. The van der Waals surface area contributed by atoms with Gasteiger partial charge in [-0.05, 0) is 45.6 Å². The third-order valence-corrected chi connectivity index (χ3v) is 4.09. The number of halogens is 1. The van der Waals surface area contributed by atoms with E-state index in [4.69, 9.17) is 0 Å². The highest BCUT2D eigenvalue weighted by Gasteiger charge is 2.09. The van der Waals surface area contributed by atoms with Crippen LogP contribution in [0.5, 0.6) is 0 Å². The first-order chi connectivity index (χ1) is 10.6. The molecule has 2 aromatic carbocycles. The van der Waals surface area contributed by atoms with Crippen LogP contribution in [0.25, 0.3) is 0 Å². The molecule has 0 aliphatic carbocycles. The van der Waals surface area contributed by atoms with Crippen LogP contribution in [0, 0.1) is 0 Å². The topological polar surface area (TPSA) is 41.1 Å². The quantitative estimate of drug-likeness (QED) is 0.759. The van der Waals surface area contributed by atoms with Gasteiger partial charge in [-0.25, -0.2) is 0 Å². The Morgan fingerprint density at radius 2 is 1.68 bits per heavy atom. The summed E-state index contributed by atoms with van der Waals surface area (Å²) in [6.07, 6.45) is 0.424. The molecule has 2 rings (SSSR count). The van der Waals surface area contributed by atoms with Crippen LogP contribution in [-0.2, 0) is 4.79 Å². The number of anilines is 2. The van der Waals surface area contributed by atoms with E-state index in [1.807, 2.05) is 42.5 Å². The summed E-state index contributed by atoms with van der Waals surface area (Å²) in [7, 11) is 0. The monoisotopic (exact) mass is 360 g/mol. The zero-order valence-electron chi connectivity index (χ0n) is 12.9. The predicted molar refractivity (Wildman–Crippen MR) is 96.4 cm³/mol. The highest BCUT2D eigenvalue weighted by molar-refractivity contribution is 9.10. The van der Waals surface area contributed by atoms with Crippen molar-refractivity contribution < 1.29 is 4.79 Å². The number of rotatable bonds is 6. The van der Waals surface area contributed by atoms with Gasteiger partial charge in [-0.2, -0.15) is 0 Å². The molecule has 0 bridgehead atoms.